The van der Waals surface area contributed by atoms with Gasteiger partial charge < -0.3 is 25.3 Å². The molecule has 1 fully saturated rings. The maximum atomic E-state index is 15.0. The minimum Gasteiger partial charge on any atom is -0.493 e. The molecule has 1 saturated carbocycles. The Kier molecular flexibility index (Phi) is 9.90. The molecule has 3 aromatic rings. The number of ether oxygens (including phenoxy) is 1. The third kappa shape index (κ3) is 8.22. The van der Waals surface area contributed by atoms with Crippen LogP contribution < -0.4 is 20.9 Å². The quantitative estimate of drug-likeness (QED) is 0.286. The topological polar surface area (TPSA) is 104 Å². The van der Waals surface area contributed by atoms with Gasteiger partial charge in [-0.1, -0.05) is 12.1 Å². The largest absolute Gasteiger partial charge is 0.493 e. The molecule has 0 spiro atoms. The van der Waals surface area contributed by atoms with E-state index in [9.17, 15) is 27.6 Å². The van der Waals surface area contributed by atoms with Gasteiger partial charge in [0.15, 0.2) is 0 Å². The van der Waals surface area contributed by atoms with Gasteiger partial charge in [-0.15, -0.1) is 0 Å². The molecular weight excluding hydrogens is 568 g/mol. The third-order valence-electron chi connectivity index (χ3n) is 7.47. The van der Waals surface area contributed by atoms with Gasteiger partial charge in [0.05, 0.1) is 18.6 Å². The van der Waals surface area contributed by atoms with Gasteiger partial charge in [-0.05, 0) is 82.1 Å². The number of carbonyl (C=O) groups excluding carboxylic acids is 2. The summed E-state index contributed by atoms with van der Waals surface area (Å²) in [6.45, 7) is 2.03. The molecule has 0 atom stereocenters. The zero-order chi connectivity index (χ0) is 31.3. The number of pyridine rings is 1. The van der Waals surface area contributed by atoms with Crippen molar-refractivity contribution in [2.75, 3.05) is 26.0 Å². The van der Waals surface area contributed by atoms with E-state index in [2.05, 4.69) is 20.5 Å². The van der Waals surface area contributed by atoms with Gasteiger partial charge in [-0.25, -0.2) is 4.39 Å². The molecule has 1 aliphatic carbocycles. The molecule has 8 nitrogen and oxygen atoms in total. The number of alkyl halides is 3. The lowest BCUT2D eigenvalue weighted by Crippen LogP contribution is -2.41. The molecule has 0 bridgehead atoms. The highest BCUT2D eigenvalue weighted by Crippen LogP contribution is 2.33. The summed E-state index contributed by atoms with van der Waals surface area (Å²) in [6.07, 6.45) is -0.708. The lowest BCUT2D eigenvalue weighted by Gasteiger charge is -2.33. The number of aromatic amines is 1. The predicted octanol–water partition coefficient (Wildman–Crippen LogP) is 5.38. The highest BCUT2D eigenvalue weighted by Gasteiger charge is 2.32. The summed E-state index contributed by atoms with van der Waals surface area (Å²) in [5, 5.41) is 5.19. The van der Waals surface area contributed by atoms with Crippen LogP contribution in [-0.4, -0.2) is 54.5 Å². The Hall–Kier alpha value is -4.19. The van der Waals surface area contributed by atoms with E-state index in [1.807, 2.05) is 14.1 Å². The fourth-order valence-corrected chi connectivity index (χ4v) is 5.19. The number of rotatable bonds is 9. The average molecular weight is 603 g/mol. The number of benzene rings is 2. The first-order valence-electron chi connectivity index (χ1n) is 14.0. The van der Waals surface area contributed by atoms with Gasteiger partial charge in [0.2, 0.25) is 5.91 Å². The fourth-order valence-electron chi connectivity index (χ4n) is 5.19. The molecule has 230 valence electrons. The first-order chi connectivity index (χ1) is 20.3. The summed E-state index contributed by atoms with van der Waals surface area (Å²) >= 11 is 0. The number of anilines is 1. The average Bonchev–Trinajstić information content (AvgIpc) is 2.94. The smallest absolute Gasteiger partial charge is 0.416 e. The van der Waals surface area contributed by atoms with Gasteiger partial charge in [0.1, 0.15) is 11.6 Å². The summed E-state index contributed by atoms with van der Waals surface area (Å²) in [6, 6.07) is 8.24. The molecule has 4 rings (SSSR count). The van der Waals surface area contributed by atoms with Gasteiger partial charge in [-0.2, -0.15) is 13.2 Å². The Morgan fingerprint density at radius 2 is 1.77 bits per heavy atom. The van der Waals surface area contributed by atoms with E-state index in [4.69, 9.17) is 4.74 Å². The van der Waals surface area contributed by atoms with Crippen molar-refractivity contribution in [1.29, 1.82) is 0 Å². The first kappa shape index (κ1) is 31.7. The van der Waals surface area contributed by atoms with Crippen molar-refractivity contribution in [2.45, 2.75) is 57.3 Å². The minimum atomic E-state index is -4.76. The number of nitrogens with one attached hydrogen (secondary N) is 3. The van der Waals surface area contributed by atoms with Crippen molar-refractivity contribution in [3.05, 3.63) is 81.5 Å². The van der Waals surface area contributed by atoms with Crippen LogP contribution in [0.1, 0.15) is 54.1 Å². The van der Waals surface area contributed by atoms with Crippen molar-refractivity contribution in [3.63, 3.8) is 0 Å². The van der Waals surface area contributed by atoms with E-state index in [1.54, 1.807) is 13.0 Å². The molecule has 1 aromatic heterocycles. The van der Waals surface area contributed by atoms with Crippen LogP contribution in [0.25, 0.3) is 11.1 Å². The number of carbonyl (C=O) groups is 2. The Morgan fingerprint density at radius 3 is 2.40 bits per heavy atom. The van der Waals surface area contributed by atoms with Crippen LogP contribution in [0.2, 0.25) is 0 Å². The van der Waals surface area contributed by atoms with Crippen LogP contribution in [0.5, 0.6) is 5.75 Å². The number of amides is 2. The molecule has 0 unspecified atom stereocenters. The van der Waals surface area contributed by atoms with Crippen molar-refractivity contribution in [1.82, 2.24) is 15.2 Å². The second kappa shape index (κ2) is 13.4. The molecule has 0 radical (unpaired) electrons. The zero-order valence-corrected chi connectivity index (χ0v) is 24.1. The van der Waals surface area contributed by atoms with Crippen LogP contribution in [0.15, 0.2) is 53.5 Å². The number of nitrogens with zero attached hydrogens (tertiary/aromatic N) is 1. The zero-order valence-electron chi connectivity index (χ0n) is 24.1. The van der Waals surface area contributed by atoms with Crippen LogP contribution in [0, 0.1) is 5.82 Å². The van der Waals surface area contributed by atoms with Crippen molar-refractivity contribution in [2.24, 2.45) is 0 Å². The maximum absolute atomic E-state index is 15.0. The van der Waals surface area contributed by atoms with Gasteiger partial charge in [0.25, 0.3) is 11.5 Å². The highest BCUT2D eigenvalue weighted by molar-refractivity contribution is 5.98. The fraction of sp³-hybridized carbons (Fsp3) is 0.387. The van der Waals surface area contributed by atoms with E-state index in [0.717, 1.165) is 25.0 Å². The lowest BCUT2D eigenvalue weighted by atomic mass is 9.90. The monoisotopic (exact) mass is 602 g/mol. The molecule has 0 saturated heterocycles. The summed E-state index contributed by atoms with van der Waals surface area (Å²) in [5.41, 5.74) is -1.10. The Bertz CT molecular complexity index is 1530. The first-order valence-corrected chi connectivity index (χ1v) is 14.0. The number of halogens is 4. The molecule has 43 heavy (non-hydrogen) atoms. The predicted molar refractivity (Wildman–Crippen MR) is 155 cm³/mol. The third-order valence-corrected chi connectivity index (χ3v) is 7.47. The lowest BCUT2D eigenvalue weighted by molar-refractivity contribution is -0.137. The van der Waals surface area contributed by atoms with Crippen molar-refractivity contribution >= 4 is 17.5 Å². The Morgan fingerprint density at radius 1 is 1.05 bits per heavy atom. The van der Waals surface area contributed by atoms with E-state index in [-0.39, 0.29) is 40.8 Å². The normalized spacial score (nSPS) is 17.0. The van der Waals surface area contributed by atoms with Crippen LogP contribution >= 0.6 is 0 Å². The minimum absolute atomic E-state index is 0.00176. The summed E-state index contributed by atoms with van der Waals surface area (Å²) in [4.78, 5) is 42.0. The van der Waals surface area contributed by atoms with Crippen molar-refractivity contribution < 1.29 is 31.9 Å². The maximum Gasteiger partial charge on any atom is 0.416 e. The Balaban J connectivity index is 1.48. The van der Waals surface area contributed by atoms with Crippen LogP contribution in [0.3, 0.4) is 0 Å². The van der Waals surface area contributed by atoms with E-state index in [0.29, 0.717) is 30.0 Å². The number of H-pyrrole nitrogens is 1. The second-order valence-electron chi connectivity index (χ2n) is 10.8. The number of aromatic nitrogens is 1. The number of hydrogen-bond donors (Lipinski definition) is 3. The van der Waals surface area contributed by atoms with Crippen LogP contribution in [-0.2, 0) is 17.4 Å². The van der Waals surface area contributed by atoms with Crippen LogP contribution in [0.4, 0.5) is 23.2 Å². The number of hydrogen-bond acceptors (Lipinski definition) is 5. The van der Waals surface area contributed by atoms with Crippen molar-refractivity contribution in [3.8, 4) is 16.9 Å². The molecule has 1 aliphatic rings. The second-order valence-corrected chi connectivity index (χ2v) is 10.8. The summed E-state index contributed by atoms with van der Waals surface area (Å²) in [5.74, 6) is -1.89. The van der Waals surface area contributed by atoms with E-state index in [1.165, 1.54) is 30.5 Å². The SMILES string of the molecule is CCOc1cc(=O)[nH]cc1-c1ccc(CC(=O)Nc2cc(C(=O)N[C@H]3CC[C@H](N(C)C)CC3)cc(C(F)(F)F)c2)c(F)c1. The van der Waals surface area contributed by atoms with Gasteiger partial charge >= 0.3 is 6.18 Å². The molecule has 1 heterocycles. The van der Waals surface area contributed by atoms with E-state index >= 15 is 4.39 Å². The Labute approximate surface area is 246 Å². The van der Waals surface area contributed by atoms with E-state index < -0.39 is 35.8 Å². The molecular formula is C31H34F4N4O4. The van der Waals surface area contributed by atoms with Gasteiger partial charge in [-0.3, -0.25) is 14.4 Å². The molecule has 12 heteroatoms. The standard InChI is InChI=1S/C31H34F4N4O4/c1-4-43-27-16-28(40)36-17-25(27)18-5-6-19(26(32)13-18)14-29(41)37-23-12-20(11-21(15-23)31(33,34)35)30(42)38-22-7-9-24(10-8-22)39(2)3/h5-6,11-13,15-17,22,24H,4,7-10,14H2,1-3H3,(H,36,40)(H,37,41)(H,38,42)/t22-,24-. The molecule has 0 aliphatic heterocycles. The molecule has 2 amide bonds. The molecule has 3 N–H and O–H groups in total. The highest BCUT2D eigenvalue weighted by atomic mass is 19.4. The summed E-state index contributed by atoms with van der Waals surface area (Å²) < 4.78 is 61.5. The summed E-state index contributed by atoms with van der Waals surface area (Å²) in [7, 11) is 3.97. The molecule has 2 aromatic carbocycles. The van der Waals surface area contributed by atoms with Gasteiger partial charge in [0, 0.05) is 41.2 Å².